The topological polar surface area (TPSA) is 24.9 Å². The highest BCUT2D eigenvalue weighted by Gasteiger charge is 2.11. The maximum atomic E-state index is 4.51. The predicted molar refractivity (Wildman–Crippen MR) is 76.7 cm³/mol. The Bertz CT molecular complexity index is 307. The molecule has 0 bridgehead atoms. The molecule has 98 valence electrons. The molecular formula is C14H26N2S. The summed E-state index contributed by atoms with van der Waals surface area (Å²) < 4.78 is 0. The van der Waals surface area contributed by atoms with Crippen LogP contribution in [-0.4, -0.2) is 17.6 Å². The van der Waals surface area contributed by atoms with E-state index in [2.05, 4.69) is 43.4 Å². The van der Waals surface area contributed by atoms with Gasteiger partial charge in [-0.1, -0.05) is 20.8 Å². The van der Waals surface area contributed by atoms with Gasteiger partial charge in [-0.2, -0.15) is 0 Å². The molecule has 0 spiro atoms. The van der Waals surface area contributed by atoms with E-state index in [9.17, 15) is 0 Å². The molecule has 1 aromatic rings. The standard InChI is InChI=1S/C14H26N2S/c1-5-9-15-14(11(2)3)8-6-7-13-10-17-12(4)16-13/h10-11,14-15H,5-9H2,1-4H3. The summed E-state index contributed by atoms with van der Waals surface area (Å²) in [7, 11) is 0. The first kappa shape index (κ1) is 14.7. The first-order valence-corrected chi connectivity index (χ1v) is 7.65. The number of nitrogens with zero attached hydrogens (tertiary/aromatic N) is 1. The maximum absolute atomic E-state index is 4.51. The summed E-state index contributed by atoms with van der Waals surface area (Å²) in [6.07, 6.45) is 4.84. The van der Waals surface area contributed by atoms with E-state index < -0.39 is 0 Å². The second kappa shape index (κ2) is 7.83. The van der Waals surface area contributed by atoms with Crippen LogP contribution in [0.1, 0.15) is 50.7 Å². The minimum atomic E-state index is 0.662. The van der Waals surface area contributed by atoms with E-state index in [1.54, 1.807) is 11.3 Å². The quantitative estimate of drug-likeness (QED) is 0.763. The van der Waals surface area contributed by atoms with Crippen LogP contribution in [0, 0.1) is 12.8 Å². The Kier molecular flexibility index (Phi) is 6.75. The summed E-state index contributed by atoms with van der Waals surface area (Å²) in [5.41, 5.74) is 1.27. The third kappa shape index (κ3) is 5.64. The van der Waals surface area contributed by atoms with Crippen molar-refractivity contribution in [3.05, 3.63) is 16.1 Å². The molecule has 2 nitrogen and oxygen atoms in total. The summed E-state index contributed by atoms with van der Waals surface area (Å²) in [5.74, 6) is 0.721. The SMILES string of the molecule is CCCNC(CCCc1csc(C)n1)C(C)C. The fourth-order valence-electron chi connectivity index (χ4n) is 2.03. The molecule has 0 aliphatic rings. The Morgan fingerprint density at radius 1 is 1.41 bits per heavy atom. The van der Waals surface area contributed by atoms with Crippen molar-refractivity contribution in [2.24, 2.45) is 5.92 Å². The second-order valence-corrected chi connectivity index (χ2v) is 6.12. The minimum Gasteiger partial charge on any atom is -0.314 e. The van der Waals surface area contributed by atoms with Crippen LogP contribution in [-0.2, 0) is 6.42 Å². The summed E-state index contributed by atoms with van der Waals surface area (Å²) >= 11 is 1.76. The number of nitrogens with one attached hydrogen (secondary N) is 1. The number of aryl methyl sites for hydroxylation is 2. The van der Waals surface area contributed by atoms with Gasteiger partial charge < -0.3 is 5.32 Å². The predicted octanol–water partition coefficient (Wildman–Crippen LogP) is 3.80. The van der Waals surface area contributed by atoms with Crippen LogP contribution in [0.25, 0.3) is 0 Å². The molecule has 0 aliphatic carbocycles. The molecule has 1 N–H and O–H groups in total. The van der Waals surface area contributed by atoms with Crippen molar-refractivity contribution < 1.29 is 0 Å². The van der Waals surface area contributed by atoms with Crippen molar-refractivity contribution in [2.75, 3.05) is 6.54 Å². The lowest BCUT2D eigenvalue weighted by Gasteiger charge is -2.22. The van der Waals surface area contributed by atoms with Gasteiger partial charge in [-0.15, -0.1) is 11.3 Å². The minimum absolute atomic E-state index is 0.662. The zero-order valence-electron chi connectivity index (χ0n) is 11.6. The highest BCUT2D eigenvalue weighted by Crippen LogP contribution is 2.14. The molecule has 0 aromatic carbocycles. The Morgan fingerprint density at radius 2 is 2.18 bits per heavy atom. The van der Waals surface area contributed by atoms with Crippen LogP contribution >= 0.6 is 11.3 Å². The second-order valence-electron chi connectivity index (χ2n) is 5.05. The van der Waals surface area contributed by atoms with Gasteiger partial charge in [0.1, 0.15) is 0 Å². The van der Waals surface area contributed by atoms with Gasteiger partial charge in [-0.3, -0.25) is 0 Å². The molecule has 1 aromatic heterocycles. The van der Waals surface area contributed by atoms with Gasteiger partial charge in [0.2, 0.25) is 0 Å². The lowest BCUT2D eigenvalue weighted by atomic mass is 9.98. The fraction of sp³-hybridized carbons (Fsp3) is 0.786. The van der Waals surface area contributed by atoms with Crippen molar-refractivity contribution >= 4 is 11.3 Å². The van der Waals surface area contributed by atoms with Gasteiger partial charge >= 0.3 is 0 Å². The first-order valence-electron chi connectivity index (χ1n) is 6.77. The normalized spacial score (nSPS) is 13.2. The summed E-state index contributed by atoms with van der Waals surface area (Å²) in [6.45, 7) is 10.1. The number of thiazole rings is 1. The van der Waals surface area contributed by atoms with E-state index in [1.807, 2.05) is 0 Å². The molecule has 3 heteroatoms. The Morgan fingerprint density at radius 3 is 2.71 bits per heavy atom. The molecular weight excluding hydrogens is 228 g/mol. The van der Waals surface area contributed by atoms with Gasteiger partial charge in [-0.25, -0.2) is 4.98 Å². The van der Waals surface area contributed by atoms with Gasteiger partial charge in [0, 0.05) is 11.4 Å². The fourth-order valence-corrected chi connectivity index (χ4v) is 2.67. The van der Waals surface area contributed by atoms with Crippen molar-refractivity contribution in [1.29, 1.82) is 0 Å². The third-order valence-corrected chi connectivity index (χ3v) is 3.90. The smallest absolute Gasteiger partial charge is 0.0897 e. The molecule has 1 atom stereocenters. The molecule has 0 fully saturated rings. The summed E-state index contributed by atoms with van der Waals surface area (Å²) in [4.78, 5) is 4.51. The highest BCUT2D eigenvalue weighted by atomic mass is 32.1. The monoisotopic (exact) mass is 254 g/mol. The number of aromatic nitrogens is 1. The molecule has 1 unspecified atom stereocenters. The van der Waals surface area contributed by atoms with Crippen LogP contribution in [0.2, 0.25) is 0 Å². The zero-order valence-corrected chi connectivity index (χ0v) is 12.4. The van der Waals surface area contributed by atoms with Crippen molar-refractivity contribution in [2.45, 2.75) is 59.4 Å². The van der Waals surface area contributed by atoms with Gasteiger partial charge in [0.05, 0.1) is 10.7 Å². The van der Waals surface area contributed by atoms with Gasteiger partial charge in [-0.05, 0) is 45.1 Å². The number of rotatable bonds is 8. The van der Waals surface area contributed by atoms with E-state index >= 15 is 0 Å². The van der Waals surface area contributed by atoms with E-state index in [-0.39, 0.29) is 0 Å². The number of hydrogen-bond acceptors (Lipinski definition) is 3. The van der Waals surface area contributed by atoms with Crippen LogP contribution in [0.4, 0.5) is 0 Å². The molecule has 0 radical (unpaired) electrons. The van der Waals surface area contributed by atoms with Crippen LogP contribution < -0.4 is 5.32 Å². The lowest BCUT2D eigenvalue weighted by molar-refractivity contribution is 0.370. The van der Waals surface area contributed by atoms with Crippen LogP contribution in [0.3, 0.4) is 0 Å². The van der Waals surface area contributed by atoms with Crippen LogP contribution in [0.5, 0.6) is 0 Å². The molecule has 1 rings (SSSR count). The molecule has 0 saturated heterocycles. The highest BCUT2D eigenvalue weighted by molar-refractivity contribution is 7.09. The summed E-state index contributed by atoms with van der Waals surface area (Å²) in [5, 5.41) is 7.02. The maximum Gasteiger partial charge on any atom is 0.0897 e. The molecule has 0 saturated carbocycles. The molecule has 0 aliphatic heterocycles. The average Bonchev–Trinajstić information content (AvgIpc) is 2.68. The van der Waals surface area contributed by atoms with Crippen molar-refractivity contribution in [1.82, 2.24) is 10.3 Å². The largest absolute Gasteiger partial charge is 0.314 e. The van der Waals surface area contributed by atoms with Gasteiger partial charge in [0.15, 0.2) is 0 Å². The van der Waals surface area contributed by atoms with Crippen molar-refractivity contribution in [3.8, 4) is 0 Å². The Balaban J connectivity index is 2.26. The molecule has 0 amide bonds. The molecule has 17 heavy (non-hydrogen) atoms. The molecule has 1 heterocycles. The average molecular weight is 254 g/mol. The van der Waals surface area contributed by atoms with E-state index in [0.29, 0.717) is 6.04 Å². The Hall–Kier alpha value is -0.410. The van der Waals surface area contributed by atoms with Crippen LogP contribution in [0.15, 0.2) is 5.38 Å². The number of hydrogen-bond donors (Lipinski definition) is 1. The third-order valence-electron chi connectivity index (χ3n) is 3.08. The van der Waals surface area contributed by atoms with E-state index in [0.717, 1.165) is 18.9 Å². The van der Waals surface area contributed by atoms with E-state index in [4.69, 9.17) is 0 Å². The van der Waals surface area contributed by atoms with Crippen molar-refractivity contribution in [3.63, 3.8) is 0 Å². The summed E-state index contributed by atoms with van der Waals surface area (Å²) in [6, 6.07) is 0.662. The van der Waals surface area contributed by atoms with Gasteiger partial charge in [0.25, 0.3) is 0 Å². The Labute approximate surface area is 110 Å². The lowest BCUT2D eigenvalue weighted by Crippen LogP contribution is -2.34. The zero-order chi connectivity index (χ0) is 12.7. The van der Waals surface area contributed by atoms with E-state index in [1.165, 1.54) is 30.0 Å². The first-order chi connectivity index (χ1) is 8.13.